The van der Waals surface area contributed by atoms with Crippen LogP contribution in [0, 0.1) is 11.8 Å². The van der Waals surface area contributed by atoms with Gasteiger partial charge in [0.25, 0.3) is 5.91 Å². The zero-order chi connectivity index (χ0) is 41.9. The number of likely N-dealkylation sites (N-methyl/N-ethyl adjacent to an activating group) is 1. The Morgan fingerprint density at radius 3 is 1.52 bits per heavy atom. The summed E-state index contributed by atoms with van der Waals surface area (Å²) >= 11 is 0. The normalized spacial score (nSPS) is 13.6. The van der Waals surface area contributed by atoms with E-state index in [4.69, 9.17) is 10.2 Å². The smallest absolute Gasteiger partial charge is 0.322 e. The average molecular weight is 772 g/mol. The number of rotatable bonds is 25. The van der Waals surface area contributed by atoms with Crippen LogP contribution in [-0.4, -0.2) is 136 Å². The molecule has 0 rings (SSSR count). The van der Waals surface area contributed by atoms with Crippen molar-refractivity contribution in [2.45, 2.75) is 110 Å². The fourth-order valence-electron chi connectivity index (χ4n) is 4.87. The summed E-state index contributed by atoms with van der Waals surface area (Å²) < 4.78 is 0. The van der Waals surface area contributed by atoms with Gasteiger partial charge in [0.1, 0.15) is 30.7 Å². The first kappa shape index (κ1) is 48.4. The number of carbonyl (C=O) groups excluding carboxylic acids is 8. The number of carboxylic acids is 3. The van der Waals surface area contributed by atoms with Crippen molar-refractivity contribution in [2.75, 3.05) is 20.1 Å². The lowest BCUT2D eigenvalue weighted by Crippen LogP contribution is -2.60. The minimum atomic E-state index is -1.54. The highest BCUT2D eigenvalue weighted by atomic mass is 16.4. The zero-order valence-corrected chi connectivity index (χ0v) is 31.5. The minimum absolute atomic E-state index is 0.0389. The summed E-state index contributed by atoms with van der Waals surface area (Å²) in [5, 5.41) is 40.9. The van der Waals surface area contributed by atoms with Gasteiger partial charge in [-0.15, -0.1) is 0 Å². The molecule has 0 aliphatic rings. The molecule has 0 heterocycles. The SMILES string of the molecule is CCC[C@H](NC(=O)CN(C)C(=O)[C@@H](NC(=O)[C@@H](NC(=O)[C@H](CCC(=O)O)NC(=O)[C@H](CCC(=O)O)NC(C)=O)C(C)C)C(C)C)C(=O)C(=O)NCC(=O)O. The molecule has 7 amide bonds. The zero-order valence-electron chi connectivity index (χ0n) is 31.5. The molecule has 0 saturated carbocycles. The van der Waals surface area contributed by atoms with Crippen LogP contribution in [0.4, 0.5) is 0 Å². The fourth-order valence-corrected chi connectivity index (χ4v) is 4.87. The molecule has 0 bridgehead atoms. The van der Waals surface area contributed by atoms with E-state index in [1.807, 2.05) is 5.32 Å². The van der Waals surface area contributed by atoms with Crippen molar-refractivity contribution in [3.05, 3.63) is 0 Å². The lowest BCUT2D eigenvalue weighted by atomic mass is 9.98. The van der Waals surface area contributed by atoms with Crippen LogP contribution >= 0.6 is 0 Å². The predicted octanol–water partition coefficient (Wildman–Crippen LogP) is -2.50. The van der Waals surface area contributed by atoms with Crippen LogP contribution in [0.1, 0.15) is 80.1 Å². The van der Waals surface area contributed by atoms with Crippen molar-refractivity contribution in [2.24, 2.45) is 11.8 Å². The van der Waals surface area contributed by atoms with Gasteiger partial charge < -0.3 is 52.1 Å². The molecule has 0 saturated heterocycles. The summed E-state index contributed by atoms with van der Waals surface area (Å²) in [5.74, 6) is -12.5. The summed E-state index contributed by atoms with van der Waals surface area (Å²) in [6.07, 6.45) is -1.48. The van der Waals surface area contributed by atoms with Crippen molar-refractivity contribution in [1.82, 2.24) is 36.8 Å². The van der Waals surface area contributed by atoms with Crippen molar-refractivity contribution in [3.63, 3.8) is 0 Å². The first-order valence-electron chi connectivity index (χ1n) is 17.2. The number of hydrogen-bond acceptors (Lipinski definition) is 11. The minimum Gasteiger partial charge on any atom is -0.481 e. The molecule has 9 N–H and O–H groups in total. The van der Waals surface area contributed by atoms with Crippen LogP contribution in [0.15, 0.2) is 0 Å². The number of carboxylic acid groups (broad SMARTS) is 3. The predicted molar refractivity (Wildman–Crippen MR) is 187 cm³/mol. The van der Waals surface area contributed by atoms with Crippen LogP contribution < -0.4 is 31.9 Å². The number of Topliss-reactive ketones (excluding diaryl/α,β-unsaturated/α-hetero) is 1. The van der Waals surface area contributed by atoms with Crippen LogP contribution in [0.5, 0.6) is 0 Å². The van der Waals surface area contributed by atoms with E-state index in [1.165, 1.54) is 7.05 Å². The van der Waals surface area contributed by atoms with Gasteiger partial charge in [-0.05, 0) is 31.1 Å². The van der Waals surface area contributed by atoms with E-state index in [0.717, 1.165) is 11.8 Å². The molecule has 0 aromatic heterocycles. The van der Waals surface area contributed by atoms with Gasteiger partial charge >= 0.3 is 17.9 Å². The van der Waals surface area contributed by atoms with Gasteiger partial charge in [-0.25, -0.2) is 0 Å². The van der Waals surface area contributed by atoms with E-state index < -0.39 is 139 Å². The van der Waals surface area contributed by atoms with Gasteiger partial charge in [-0.1, -0.05) is 41.0 Å². The molecule has 0 aliphatic carbocycles. The van der Waals surface area contributed by atoms with Gasteiger partial charge in [0.05, 0.1) is 12.6 Å². The third-order valence-corrected chi connectivity index (χ3v) is 7.71. The largest absolute Gasteiger partial charge is 0.481 e. The second kappa shape index (κ2) is 23.8. The van der Waals surface area contributed by atoms with E-state index in [9.17, 15) is 57.8 Å². The van der Waals surface area contributed by atoms with Gasteiger partial charge in [-0.3, -0.25) is 52.7 Å². The highest BCUT2D eigenvalue weighted by molar-refractivity contribution is 6.38. The van der Waals surface area contributed by atoms with Crippen molar-refractivity contribution in [1.29, 1.82) is 0 Å². The van der Waals surface area contributed by atoms with Crippen LogP contribution in [0.2, 0.25) is 0 Å². The van der Waals surface area contributed by atoms with Crippen LogP contribution in [-0.2, 0) is 52.7 Å². The molecule has 54 heavy (non-hydrogen) atoms. The molecule has 21 heteroatoms. The van der Waals surface area contributed by atoms with E-state index >= 15 is 0 Å². The van der Waals surface area contributed by atoms with E-state index in [0.29, 0.717) is 6.42 Å². The second-order valence-electron chi connectivity index (χ2n) is 13.2. The summed E-state index contributed by atoms with van der Waals surface area (Å²) in [6, 6.07) is -6.81. The molecule has 0 aromatic rings. The maximum atomic E-state index is 13.6. The Bertz CT molecular complexity index is 1420. The molecule has 0 aliphatic heterocycles. The quantitative estimate of drug-likeness (QED) is 0.0434. The van der Waals surface area contributed by atoms with Gasteiger partial charge in [0, 0.05) is 26.8 Å². The number of nitrogens with zero attached hydrogens (tertiary/aromatic N) is 1. The molecule has 0 radical (unpaired) electrons. The van der Waals surface area contributed by atoms with Crippen LogP contribution in [0.25, 0.3) is 0 Å². The Kier molecular flexibility index (Phi) is 21.4. The van der Waals surface area contributed by atoms with Crippen molar-refractivity contribution in [3.8, 4) is 0 Å². The molecule has 0 aromatic carbocycles. The highest BCUT2D eigenvalue weighted by Gasteiger charge is 2.35. The van der Waals surface area contributed by atoms with Crippen LogP contribution in [0.3, 0.4) is 0 Å². The van der Waals surface area contributed by atoms with Gasteiger partial charge in [0.15, 0.2) is 0 Å². The molecule has 304 valence electrons. The first-order valence-corrected chi connectivity index (χ1v) is 17.2. The van der Waals surface area contributed by atoms with E-state index in [1.54, 1.807) is 34.6 Å². The molecule has 5 atom stereocenters. The number of carbonyl (C=O) groups is 11. The Balaban J connectivity index is 5.95. The van der Waals surface area contributed by atoms with Gasteiger partial charge in [-0.2, -0.15) is 0 Å². The number of aliphatic carboxylic acids is 3. The third kappa shape index (κ3) is 18.2. The summed E-state index contributed by atoms with van der Waals surface area (Å²) in [6.45, 7) is 7.67. The average Bonchev–Trinajstić information content (AvgIpc) is 3.06. The monoisotopic (exact) mass is 771 g/mol. The first-order chi connectivity index (χ1) is 25.0. The highest BCUT2D eigenvalue weighted by Crippen LogP contribution is 2.11. The Labute approximate surface area is 312 Å². The number of nitrogens with one attached hydrogen (secondary N) is 6. The lowest BCUT2D eigenvalue weighted by molar-refractivity contribution is -0.143. The number of ketones is 1. The lowest BCUT2D eigenvalue weighted by Gasteiger charge is -2.30. The molecular formula is C33H53N7O14. The maximum absolute atomic E-state index is 13.6. The number of amides is 7. The molecule has 0 fully saturated rings. The van der Waals surface area contributed by atoms with Crippen molar-refractivity contribution >= 4 is 65.0 Å². The third-order valence-electron chi connectivity index (χ3n) is 7.71. The maximum Gasteiger partial charge on any atom is 0.322 e. The molecule has 0 unspecified atom stereocenters. The Morgan fingerprint density at radius 2 is 1.07 bits per heavy atom. The van der Waals surface area contributed by atoms with E-state index in [-0.39, 0.29) is 12.8 Å². The fraction of sp³-hybridized carbons (Fsp3) is 0.667. The molecule has 21 nitrogen and oxygen atoms in total. The standard InChI is InChI=1S/C33H53N7O14/c1-8-9-19(28(49)32(53)34-14-25(47)48)36-22(42)15-40(7)33(54)27(17(4)5)39-31(52)26(16(2)3)38-30(51)21(11-13-24(45)46)37-29(50)20(35-18(6)41)10-12-23(43)44/h16-17,19-21,26-27H,8-15H2,1-7H3,(H,34,53)(H,35,41)(H,36,42)(H,37,50)(H,38,51)(H,39,52)(H,43,44)(H,45,46)(H,47,48)/t19-,20-,21-,26-,27-/m0/s1. The number of hydrogen-bond donors (Lipinski definition) is 9. The van der Waals surface area contributed by atoms with Crippen molar-refractivity contribution < 1.29 is 68.1 Å². The summed E-state index contributed by atoms with van der Waals surface area (Å²) in [4.78, 5) is 137. The molecule has 0 spiro atoms. The summed E-state index contributed by atoms with van der Waals surface area (Å²) in [5.41, 5.74) is 0. The van der Waals surface area contributed by atoms with E-state index in [2.05, 4.69) is 26.6 Å². The van der Waals surface area contributed by atoms with Gasteiger partial charge in [0.2, 0.25) is 41.2 Å². The Morgan fingerprint density at radius 1 is 0.593 bits per heavy atom. The topological polar surface area (TPSA) is 324 Å². The molecular weight excluding hydrogens is 718 g/mol. The summed E-state index contributed by atoms with van der Waals surface area (Å²) in [7, 11) is 1.25. The second-order valence-corrected chi connectivity index (χ2v) is 13.2. The Hall–Kier alpha value is -5.63.